The molecule has 92 valence electrons. The topological polar surface area (TPSA) is 41.1 Å². The Hall–Kier alpha value is -1.35. The second-order valence-electron chi connectivity index (χ2n) is 4.86. The fourth-order valence-corrected chi connectivity index (χ4v) is 2.23. The highest BCUT2D eigenvalue weighted by atomic mass is 16.1. The Labute approximate surface area is 103 Å². The van der Waals surface area contributed by atoms with Crippen molar-refractivity contribution in [1.29, 1.82) is 0 Å². The molecule has 1 aromatic rings. The van der Waals surface area contributed by atoms with Crippen LogP contribution in [0.1, 0.15) is 30.4 Å². The van der Waals surface area contributed by atoms with Gasteiger partial charge in [-0.25, -0.2) is 0 Å². The molecule has 1 atom stereocenters. The molecule has 17 heavy (non-hydrogen) atoms. The summed E-state index contributed by atoms with van der Waals surface area (Å²) >= 11 is 0. The van der Waals surface area contributed by atoms with Gasteiger partial charge in [0, 0.05) is 18.2 Å². The van der Waals surface area contributed by atoms with Gasteiger partial charge in [0.15, 0.2) is 0 Å². The van der Waals surface area contributed by atoms with Crippen molar-refractivity contribution in [3.63, 3.8) is 0 Å². The number of hydrogen-bond donors (Lipinski definition) is 2. The van der Waals surface area contributed by atoms with E-state index < -0.39 is 0 Å². The van der Waals surface area contributed by atoms with Crippen molar-refractivity contribution in [1.82, 2.24) is 5.32 Å². The van der Waals surface area contributed by atoms with Crippen molar-refractivity contribution in [2.24, 2.45) is 0 Å². The van der Waals surface area contributed by atoms with Crippen LogP contribution >= 0.6 is 0 Å². The van der Waals surface area contributed by atoms with Gasteiger partial charge in [0.2, 0.25) is 5.91 Å². The standard InChI is InChI=1S/C14H20N2O/c1-10-5-6-11(2)13(8-10)16-14(17)9-12-4-3-7-15-12/h5-6,8,12,15H,3-4,7,9H2,1-2H3,(H,16,17). The molecule has 1 saturated heterocycles. The minimum absolute atomic E-state index is 0.109. The average Bonchev–Trinajstić information content (AvgIpc) is 2.76. The highest BCUT2D eigenvalue weighted by Gasteiger charge is 2.17. The molecule has 3 nitrogen and oxygen atoms in total. The van der Waals surface area contributed by atoms with E-state index >= 15 is 0 Å². The van der Waals surface area contributed by atoms with Crippen LogP contribution in [0.15, 0.2) is 18.2 Å². The number of hydrogen-bond acceptors (Lipinski definition) is 2. The maximum absolute atomic E-state index is 11.9. The number of nitrogens with one attached hydrogen (secondary N) is 2. The molecule has 1 aliphatic heterocycles. The van der Waals surface area contributed by atoms with E-state index in [-0.39, 0.29) is 5.91 Å². The maximum atomic E-state index is 11.9. The van der Waals surface area contributed by atoms with E-state index in [1.165, 1.54) is 12.0 Å². The van der Waals surface area contributed by atoms with Crippen LogP contribution in [0.3, 0.4) is 0 Å². The first-order valence-corrected chi connectivity index (χ1v) is 6.25. The second-order valence-corrected chi connectivity index (χ2v) is 4.86. The fourth-order valence-electron chi connectivity index (χ4n) is 2.23. The molecule has 0 radical (unpaired) electrons. The number of rotatable bonds is 3. The zero-order valence-corrected chi connectivity index (χ0v) is 10.5. The number of carbonyl (C=O) groups excluding carboxylic acids is 1. The lowest BCUT2D eigenvalue weighted by Gasteiger charge is -2.12. The first-order valence-electron chi connectivity index (χ1n) is 6.25. The monoisotopic (exact) mass is 232 g/mol. The normalized spacial score (nSPS) is 19.3. The van der Waals surface area contributed by atoms with Gasteiger partial charge in [-0.3, -0.25) is 4.79 Å². The Morgan fingerprint density at radius 3 is 3.00 bits per heavy atom. The summed E-state index contributed by atoms with van der Waals surface area (Å²) in [5, 5.41) is 6.34. The fraction of sp³-hybridized carbons (Fsp3) is 0.500. The van der Waals surface area contributed by atoms with Crippen molar-refractivity contribution in [2.45, 2.75) is 39.2 Å². The molecule has 2 rings (SSSR count). The molecule has 0 spiro atoms. The van der Waals surface area contributed by atoms with Crippen molar-refractivity contribution >= 4 is 11.6 Å². The highest BCUT2D eigenvalue weighted by Crippen LogP contribution is 2.17. The van der Waals surface area contributed by atoms with E-state index in [0.717, 1.165) is 24.2 Å². The Morgan fingerprint density at radius 2 is 2.29 bits per heavy atom. The summed E-state index contributed by atoms with van der Waals surface area (Å²) in [6.45, 7) is 5.10. The SMILES string of the molecule is Cc1ccc(C)c(NC(=O)CC2CCCN2)c1. The molecule has 1 amide bonds. The van der Waals surface area contributed by atoms with E-state index in [0.29, 0.717) is 12.5 Å². The minimum Gasteiger partial charge on any atom is -0.326 e. The molecule has 0 aliphatic carbocycles. The molecule has 1 aliphatic rings. The van der Waals surface area contributed by atoms with Crippen molar-refractivity contribution in [3.05, 3.63) is 29.3 Å². The summed E-state index contributed by atoms with van der Waals surface area (Å²) in [5.41, 5.74) is 3.22. The van der Waals surface area contributed by atoms with Crippen molar-refractivity contribution < 1.29 is 4.79 Å². The molecule has 1 unspecified atom stereocenters. The van der Waals surface area contributed by atoms with Gasteiger partial charge in [0.05, 0.1) is 0 Å². The first-order chi connectivity index (χ1) is 8.15. The molecule has 1 heterocycles. The minimum atomic E-state index is 0.109. The van der Waals surface area contributed by atoms with E-state index in [1.807, 2.05) is 26.0 Å². The summed E-state index contributed by atoms with van der Waals surface area (Å²) in [6, 6.07) is 6.48. The second kappa shape index (κ2) is 5.32. The third-order valence-corrected chi connectivity index (χ3v) is 3.26. The van der Waals surface area contributed by atoms with Gasteiger partial charge >= 0.3 is 0 Å². The van der Waals surface area contributed by atoms with Gasteiger partial charge in [-0.1, -0.05) is 12.1 Å². The van der Waals surface area contributed by atoms with Gasteiger partial charge in [-0.05, 0) is 50.4 Å². The third kappa shape index (κ3) is 3.30. The van der Waals surface area contributed by atoms with E-state index in [1.54, 1.807) is 0 Å². The third-order valence-electron chi connectivity index (χ3n) is 3.26. The Morgan fingerprint density at radius 1 is 1.47 bits per heavy atom. The van der Waals surface area contributed by atoms with Crippen LogP contribution in [-0.4, -0.2) is 18.5 Å². The van der Waals surface area contributed by atoms with Crippen molar-refractivity contribution in [2.75, 3.05) is 11.9 Å². The van der Waals surface area contributed by atoms with Crippen LogP contribution in [0, 0.1) is 13.8 Å². The Bertz CT molecular complexity index is 409. The van der Waals surface area contributed by atoms with Gasteiger partial charge in [0.25, 0.3) is 0 Å². The smallest absolute Gasteiger partial charge is 0.225 e. The number of anilines is 1. The Kier molecular flexibility index (Phi) is 3.79. The van der Waals surface area contributed by atoms with Crippen LogP contribution < -0.4 is 10.6 Å². The van der Waals surface area contributed by atoms with E-state index in [2.05, 4.69) is 16.7 Å². The molecule has 2 N–H and O–H groups in total. The number of benzene rings is 1. The zero-order valence-electron chi connectivity index (χ0n) is 10.5. The molecule has 1 fully saturated rings. The maximum Gasteiger partial charge on any atom is 0.225 e. The van der Waals surface area contributed by atoms with E-state index in [9.17, 15) is 4.79 Å². The van der Waals surface area contributed by atoms with Crippen LogP contribution in [0.25, 0.3) is 0 Å². The molecular weight excluding hydrogens is 212 g/mol. The number of aryl methyl sites for hydroxylation is 2. The zero-order chi connectivity index (χ0) is 12.3. The summed E-state index contributed by atoms with van der Waals surface area (Å²) in [6.07, 6.45) is 2.87. The largest absolute Gasteiger partial charge is 0.326 e. The lowest BCUT2D eigenvalue weighted by molar-refractivity contribution is -0.116. The predicted molar refractivity (Wildman–Crippen MR) is 70.2 cm³/mol. The summed E-state index contributed by atoms with van der Waals surface area (Å²) in [4.78, 5) is 11.9. The van der Waals surface area contributed by atoms with Gasteiger partial charge in [-0.2, -0.15) is 0 Å². The molecule has 1 aromatic carbocycles. The van der Waals surface area contributed by atoms with Gasteiger partial charge in [0.1, 0.15) is 0 Å². The lowest BCUT2D eigenvalue weighted by Crippen LogP contribution is -2.27. The molecular formula is C14H20N2O. The molecule has 0 aromatic heterocycles. The Balaban J connectivity index is 1.95. The summed E-state index contributed by atoms with van der Waals surface area (Å²) in [7, 11) is 0. The molecule has 0 saturated carbocycles. The van der Waals surface area contributed by atoms with Crippen LogP contribution in [0.5, 0.6) is 0 Å². The van der Waals surface area contributed by atoms with Crippen molar-refractivity contribution in [3.8, 4) is 0 Å². The predicted octanol–water partition coefficient (Wildman–Crippen LogP) is 2.38. The number of amides is 1. The first kappa shape index (κ1) is 12.1. The number of carbonyl (C=O) groups is 1. The molecule has 0 bridgehead atoms. The molecule has 3 heteroatoms. The van der Waals surface area contributed by atoms with Crippen LogP contribution in [0.2, 0.25) is 0 Å². The van der Waals surface area contributed by atoms with E-state index in [4.69, 9.17) is 0 Å². The van der Waals surface area contributed by atoms with Crippen LogP contribution in [-0.2, 0) is 4.79 Å². The average molecular weight is 232 g/mol. The summed E-state index contributed by atoms with van der Waals surface area (Å²) < 4.78 is 0. The van der Waals surface area contributed by atoms with Crippen LogP contribution in [0.4, 0.5) is 5.69 Å². The van der Waals surface area contributed by atoms with Gasteiger partial charge < -0.3 is 10.6 Å². The highest BCUT2D eigenvalue weighted by molar-refractivity contribution is 5.92. The lowest BCUT2D eigenvalue weighted by atomic mass is 10.1. The van der Waals surface area contributed by atoms with Gasteiger partial charge in [-0.15, -0.1) is 0 Å². The summed E-state index contributed by atoms with van der Waals surface area (Å²) in [5.74, 6) is 0.109. The quantitative estimate of drug-likeness (QED) is 0.840.